The first-order valence-electron chi connectivity index (χ1n) is 7.77. The van der Waals surface area contributed by atoms with E-state index in [9.17, 15) is 4.79 Å². The maximum atomic E-state index is 11.6. The molecule has 0 aliphatic carbocycles. The van der Waals surface area contributed by atoms with Gasteiger partial charge in [-0.25, -0.2) is 0 Å². The van der Waals surface area contributed by atoms with Crippen molar-refractivity contribution in [1.29, 1.82) is 0 Å². The molecule has 1 rings (SSSR count). The van der Waals surface area contributed by atoms with E-state index in [1.807, 2.05) is 18.7 Å². The Balaban J connectivity index is 2.18. The molecule has 5 heteroatoms. The van der Waals surface area contributed by atoms with Gasteiger partial charge in [0.05, 0.1) is 11.6 Å². The van der Waals surface area contributed by atoms with Gasteiger partial charge in [-0.05, 0) is 51.8 Å². The molecule has 0 aromatic carbocycles. The fourth-order valence-electron chi connectivity index (χ4n) is 2.45. The van der Waals surface area contributed by atoms with E-state index in [4.69, 9.17) is 10.5 Å². The van der Waals surface area contributed by atoms with Crippen LogP contribution in [-0.4, -0.2) is 41.7 Å². The summed E-state index contributed by atoms with van der Waals surface area (Å²) >= 11 is 2.01. The molecular weight excluding hydrogens is 272 g/mol. The average Bonchev–Trinajstić information content (AvgIpc) is 2.81. The van der Waals surface area contributed by atoms with Crippen molar-refractivity contribution in [3.8, 4) is 0 Å². The quantitative estimate of drug-likeness (QED) is 0.608. The zero-order valence-corrected chi connectivity index (χ0v) is 13.9. The number of nitrogens with two attached hydrogens (primary N) is 1. The summed E-state index contributed by atoms with van der Waals surface area (Å²) in [6, 6.07) is 0. The van der Waals surface area contributed by atoms with Crippen LogP contribution in [0, 0.1) is 0 Å². The first kappa shape index (κ1) is 17.8. The van der Waals surface area contributed by atoms with E-state index in [2.05, 4.69) is 19.2 Å². The smallest absolute Gasteiger partial charge is 0.237 e. The maximum absolute atomic E-state index is 11.6. The Hall–Kier alpha value is -0.260. The van der Waals surface area contributed by atoms with E-state index in [1.54, 1.807) is 0 Å². The second-order valence-corrected chi connectivity index (χ2v) is 7.20. The van der Waals surface area contributed by atoms with Crippen LogP contribution in [0.15, 0.2) is 0 Å². The number of hydrogen-bond donors (Lipinski definition) is 2. The van der Waals surface area contributed by atoms with Crippen molar-refractivity contribution in [3.05, 3.63) is 0 Å². The van der Waals surface area contributed by atoms with Gasteiger partial charge in [0.25, 0.3) is 0 Å². The predicted octanol–water partition coefficient (Wildman–Crippen LogP) is 2.31. The summed E-state index contributed by atoms with van der Waals surface area (Å²) in [4.78, 5) is 11.6. The van der Waals surface area contributed by atoms with E-state index >= 15 is 0 Å². The zero-order valence-electron chi connectivity index (χ0n) is 13.1. The molecule has 1 aliphatic rings. The van der Waals surface area contributed by atoms with Crippen LogP contribution in [0.1, 0.15) is 52.9 Å². The number of hydrogen-bond acceptors (Lipinski definition) is 4. The highest BCUT2D eigenvalue weighted by atomic mass is 32.2. The van der Waals surface area contributed by atoms with Crippen LogP contribution >= 0.6 is 11.8 Å². The minimum Gasteiger partial charge on any atom is -0.377 e. The molecule has 1 fully saturated rings. The Morgan fingerprint density at radius 1 is 1.50 bits per heavy atom. The number of nitrogens with one attached hydrogen (secondary N) is 1. The Labute approximate surface area is 127 Å². The Morgan fingerprint density at radius 3 is 2.80 bits per heavy atom. The van der Waals surface area contributed by atoms with E-state index in [-0.39, 0.29) is 5.91 Å². The van der Waals surface area contributed by atoms with E-state index in [1.165, 1.54) is 6.42 Å². The lowest BCUT2D eigenvalue weighted by Crippen LogP contribution is -2.53. The third-order valence-corrected chi connectivity index (χ3v) is 5.59. The van der Waals surface area contributed by atoms with Gasteiger partial charge in [0.2, 0.25) is 5.91 Å². The Bertz CT molecular complexity index is 302. The van der Waals surface area contributed by atoms with Crippen LogP contribution in [0.3, 0.4) is 0 Å². The summed E-state index contributed by atoms with van der Waals surface area (Å²) in [5.41, 5.74) is 4.97. The Morgan fingerprint density at radius 2 is 2.25 bits per heavy atom. The van der Waals surface area contributed by atoms with Gasteiger partial charge in [0, 0.05) is 11.9 Å². The molecule has 1 amide bonds. The molecule has 0 radical (unpaired) electrons. The SMILES string of the molecule is CCCNC(C)(CCCCSC1CCOC1C)C(N)=O. The normalized spacial score (nSPS) is 25.6. The minimum absolute atomic E-state index is 0.239. The molecular formula is C15H30N2O2S. The summed E-state index contributed by atoms with van der Waals surface area (Å²) in [6.07, 6.45) is 5.55. The number of unbranched alkanes of at least 4 members (excludes halogenated alkanes) is 1. The second-order valence-electron chi connectivity index (χ2n) is 5.85. The lowest BCUT2D eigenvalue weighted by molar-refractivity contribution is -0.124. The predicted molar refractivity (Wildman–Crippen MR) is 86.0 cm³/mol. The molecule has 118 valence electrons. The van der Waals surface area contributed by atoms with Crippen molar-refractivity contribution < 1.29 is 9.53 Å². The van der Waals surface area contributed by atoms with E-state index in [0.29, 0.717) is 11.4 Å². The second kappa shape index (κ2) is 8.90. The van der Waals surface area contributed by atoms with Crippen LogP contribution in [0.2, 0.25) is 0 Å². The molecule has 0 aromatic heterocycles. The van der Waals surface area contributed by atoms with Gasteiger partial charge in [-0.2, -0.15) is 11.8 Å². The lowest BCUT2D eigenvalue weighted by atomic mass is 9.94. The fourth-order valence-corrected chi connectivity index (χ4v) is 3.73. The molecule has 20 heavy (non-hydrogen) atoms. The molecule has 3 atom stereocenters. The molecule has 3 N–H and O–H groups in total. The number of thioether (sulfide) groups is 1. The molecule has 0 bridgehead atoms. The van der Waals surface area contributed by atoms with Gasteiger partial charge in [-0.1, -0.05) is 13.3 Å². The monoisotopic (exact) mass is 302 g/mol. The van der Waals surface area contributed by atoms with Crippen LogP contribution in [0.4, 0.5) is 0 Å². The van der Waals surface area contributed by atoms with Crippen molar-refractivity contribution >= 4 is 17.7 Å². The number of carbonyl (C=O) groups is 1. The fraction of sp³-hybridized carbons (Fsp3) is 0.933. The van der Waals surface area contributed by atoms with Gasteiger partial charge in [-0.3, -0.25) is 4.79 Å². The number of rotatable bonds is 10. The van der Waals surface area contributed by atoms with Crippen molar-refractivity contribution in [1.82, 2.24) is 5.32 Å². The summed E-state index contributed by atoms with van der Waals surface area (Å²) < 4.78 is 5.56. The van der Waals surface area contributed by atoms with Crippen LogP contribution in [-0.2, 0) is 9.53 Å². The van der Waals surface area contributed by atoms with E-state index < -0.39 is 5.54 Å². The molecule has 1 heterocycles. The summed E-state index contributed by atoms with van der Waals surface area (Å²) in [6.45, 7) is 7.91. The number of carbonyl (C=O) groups excluding carboxylic acids is 1. The largest absolute Gasteiger partial charge is 0.377 e. The molecule has 1 aliphatic heterocycles. The standard InChI is InChI=1S/C15H30N2O2S/c1-4-9-17-15(3,14(16)18)8-5-6-11-20-13-7-10-19-12(13)2/h12-13,17H,4-11H2,1-3H3,(H2,16,18). The molecule has 1 saturated heterocycles. The van der Waals surface area contributed by atoms with Crippen LogP contribution in [0.25, 0.3) is 0 Å². The van der Waals surface area contributed by atoms with Gasteiger partial charge < -0.3 is 15.8 Å². The number of primary amides is 1. The van der Waals surface area contributed by atoms with Crippen LogP contribution < -0.4 is 11.1 Å². The van der Waals surface area contributed by atoms with Crippen LogP contribution in [0.5, 0.6) is 0 Å². The highest BCUT2D eigenvalue weighted by molar-refractivity contribution is 7.99. The van der Waals surface area contributed by atoms with Gasteiger partial charge in [0.15, 0.2) is 0 Å². The summed E-state index contributed by atoms with van der Waals surface area (Å²) in [5, 5.41) is 3.93. The van der Waals surface area contributed by atoms with Gasteiger partial charge >= 0.3 is 0 Å². The molecule has 4 nitrogen and oxygen atoms in total. The first-order valence-corrected chi connectivity index (χ1v) is 8.82. The Kier molecular flexibility index (Phi) is 7.92. The average molecular weight is 302 g/mol. The van der Waals surface area contributed by atoms with Crippen molar-refractivity contribution in [3.63, 3.8) is 0 Å². The molecule has 0 spiro atoms. The molecule has 0 saturated carbocycles. The van der Waals surface area contributed by atoms with Crippen molar-refractivity contribution in [2.24, 2.45) is 5.73 Å². The van der Waals surface area contributed by atoms with Crippen molar-refractivity contribution in [2.75, 3.05) is 18.9 Å². The summed E-state index contributed by atoms with van der Waals surface area (Å²) in [7, 11) is 0. The third kappa shape index (κ3) is 5.62. The number of amides is 1. The number of ether oxygens (including phenoxy) is 1. The molecule has 3 unspecified atom stereocenters. The topological polar surface area (TPSA) is 64.3 Å². The zero-order chi connectivity index (χ0) is 15.0. The van der Waals surface area contributed by atoms with Crippen molar-refractivity contribution in [2.45, 2.75) is 69.8 Å². The highest BCUT2D eigenvalue weighted by Gasteiger charge is 2.29. The maximum Gasteiger partial charge on any atom is 0.237 e. The minimum atomic E-state index is -0.551. The highest BCUT2D eigenvalue weighted by Crippen LogP contribution is 2.27. The van der Waals surface area contributed by atoms with Gasteiger partial charge in [0.1, 0.15) is 0 Å². The summed E-state index contributed by atoms with van der Waals surface area (Å²) in [5.74, 6) is 0.900. The van der Waals surface area contributed by atoms with E-state index in [0.717, 1.165) is 44.6 Å². The third-order valence-electron chi connectivity index (χ3n) is 4.02. The first-order chi connectivity index (χ1) is 9.49. The lowest BCUT2D eigenvalue weighted by Gasteiger charge is -2.27. The van der Waals surface area contributed by atoms with Gasteiger partial charge in [-0.15, -0.1) is 0 Å². The molecule has 0 aromatic rings.